The second kappa shape index (κ2) is 10.6. The minimum absolute atomic E-state index is 0.308. The zero-order chi connectivity index (χ0) is 21.2. The Labute approximate surface area is 169 Å². The van der Waals surface area contributed by atoms with Gasteiger partial charge in [0.05, 0.1) is 34.7 Å². The van der Waals surface area contributed by atoms with Gasteiger partial charge in [0.2, 0.25) is 5.75 Å². The molecule has 8 nitrogen and oxygen atoms in total. The third-order valence-corrected chi connectivity index (χ3v) is 3.85. The van der Waals surface area contributed by atoms with Crippen molar-refractivity contribution in [3.63, 3.8) is 0 Å². The first-order chi connectivity index (χ1) is 14.1. The van der Waals surface area contributed by atoms with E-state index in [1.54, 1.807) is 43.5 Å². The van der Waals surface area contributed by atoms with Crippen LogP contribution in [0, 0.1) is 0 Å². The number of nitrogens with one attached hydrogen (secondary N) is 1. The van der Waals surface area contributed by atoms with E-state index in [1.807, 2.05) is 0 Å². The summed E-state index contributed by atoms with van der Waals surface area (Å²) in [6.45, 7) is 3.98. The Kier molecular flexibility index (Phi) is 7.90. The van der Waals surface area contributed by atoms with Crippen molar-refractivity contribution >= 4 is 12.1 Å². The van der Waals surface area contributed by atoms with E-state index < -0.39 is 5.91 Å². The van der Waals surface area contributed by atoms with Gasteiger partial charge in [0.25, 0.3) is 5.91 Å². The molecule has 29 heavy (non-hydrogen) atoms. The molecule has 0 aliphatic rings. The number of nitrogens with zero attached hydrogens (tertiary/aromatic N) is 1. The number of rotatable bonds is 10. The maximum absolute atomic E-state index is 12.4. The quantitative estimate of drug-likeness (QED) is 0.375. The standard InChI is InChI=1S/C21H24N2O6/c1-6-9-29-16-8-7-14(10-17(16)25-2)13-22-23-21(24)15-11-18(26-3)20(28-5)19(12-15)27-4/h6-8,10-13H,1,9H2,2-5H3,(H,23,24). The summed E-state index contributed by atoms with van der Waals surface area (Å²) in [5, 5.41) is 3.99. The van der Waals surface area contributed by atoms with Crippen molar-refractivity contribution in [3.05, 3.63) is 54.1 Å². The molecule has 0 aliphatic heterocycles. The Morgan fingerprint density at radius 3 is 2.17 bits per heavy atom. The lowest BCUT2D eigenvalue weighted by atomic mass is 10.1. The van der Waals surface area contributed by atoms with Gasteiger partial charge in [-0.3, -0.25) is 4.79 Å². The lowest BCUT2D eigenvalue weighted by Gasteiger charge is -2.13. The van der Waals surface area contributed by atoms with Gasteiger partial charge in [-0.15, -0.1) is 0 Å². The summed E-state index contributed by atoms with van der Waals surface area (Å²) >= 11 is 0. The van der Waals surface area contributed by atoms with Crippen LogP contribution in [0.15, 0.2) is 48.1 Å². The minimum Gasteiger partial charge on any atom is -0.493 e. The van der Waals surface area contributed by atoms with Gasteiger partial charge in [0.15, 0.2) is 23.0 Å². The normalized spacial score (nSPS) is 10.3. The second-order valence-electron chi connectivity index (χ2n) is 5.62. The molecule has 0 bridgehead atoms. The number of ether oxygens (including phenoxy) is 5. The molecule has 2 aromatic carbocycles. The summed E-state index contributed by atoms with van der Waals surface area (Å²) in [4.78, 5) is 12.4. The molecule has 0 aromatic heterocycles. The topological polar surface area (TPSA) is 87.6 Å². The Balaban J connectivity index is 2.14. The molecule has 2 aromatic rings. The third kappa shape index (κ3) is 5.41. The van der Waals surface area contributed by atoms with Crippen molar-refractivity contribution in [2.45, 2.75) is 0 Å². The first kappa shape index (κ1) is 21.6. The number of carbonyl (C=O) groups is 1. The van der Waals surface area contributed by atoms with Gasteiger partial charge in [0, 0.05) is 5.56 Å². The average Bonchev–Trinajstić information content (AvgIpc) is 2.76. The van der Waals surface area contributed by atoms with Crippen LogP contribution in [0.25, 0.3) is 0 Å². The van der Waals surface area contributed by atoms with Gasteiger partial charge in [0.1, 0.15) is 6.61 Å². The molecular weight excluding hydrogens is 376 g/mol. The molecule has 0 spiro atoms. The number of methoxy groups -OCH3 is 4. The third-order valence-electron chi connectivity index (χ3n) is 3.85. The van der Waals surface area contributed by atoms with Crippen molar-refractivity contribution in [1.82, 2.24) is 5.43 Å². The predicted molar refractivity (Wildman–Crippen MR) is 110 cm³/mol. The predicted octanol–water partition coefficient (Wildman–Crippen LogP) is 3.05. The summed E-state index contributed by atoms with van der Waals surface area (Å²) in [5.41, 5.74) is 3.50. The SMILES string of the molecule is C=CCOc1ccc(C=NNC(=O)c2cc(OC)c(OC)c(OC)c2)cc1OC. The maximum Gasteiger partial charge on any atom is 0.271 e. The lowest BCUT2D eigenvalue weighted by Crippen LogP contribution is -2.18. The van der Waals surface area contributed by atoms with E-state index in [1.165, 1.54) is 27.5 Å². The minimum atomic E-state index is -0.432. The number of carbonyl (C=O) groups excluding carboxylic acids is 1. The second-order valence-corrected chi connectivity index (χ2v) is 5.62. The van der Waals surface area contributed by atoms with Crippen molar-refractivity contribution in [3.8, 4) is 28.7 Å². The summed E-state index contributed by atoms with van der Waals surface area (Å²) < 4.78 is 26.6. The maximum atomic E-state index is 12.4. The molecule has 0 saturated heterocycles. The van der Waals surface area contributed by atoms with Crippen LogP contribution < -0.4 is 29.1 Å². The molecule has 0 atom stereocenters. The van der Waals surface area contributed by atoms with E-state index in [0.29, 0.717) is 40.9 Å². The Morgan fingerprint density at radius 1 is 0.966 bits per heavy atom. The number of hydrogen-bond acceptors (Lipinski definition) is 7. The van der Waals surface area contributed by atoms with Gasteiger partial charge in [-0.05, 0) is 35.9 Å². The Morgan fingerprint density at radius 2 is 1.62 bits per heavy atom. The number of hydrogen-bond donors (Lipinski definition) is 1. The van der Waals surface area contributed by atoms with E-state index in [0.717, 1.165) is 5.56 Å². The zero-order valence-electron chi connectivity index (χ0n) is 16.9. The van der Waals surface area contributed by atoms with Crippen LogP contribution >= 0.6 is 0 Å². The fraction of sp³-hybridized carbons (Fsp3) is 0.238. The molecule has 1 amide bonds. The van der Waals surface area contributed by atoms with Gasteiger partial charge >= 0.3 is 0 Å². The van der Waals surface area contributed by atoms with E-state index in [9.17, 15) is 4.79 Å². The number of amides is 1. The van der Waals surface area contributed by atoms with Crippen molar-refractivity contribution in [1.29, 1.82) is 0 Å². The smallest absolute Gasteiger partial charge is 0.271 e. The molecule has 0 unspecified atom stereocenters. The molecule has 0 saturated carbocycles. The van der Waals surface area contributed by atoms with E-state index in [4.69, 9.17) is 23.7 Å². The van der Waals surface area contributed by atoms with Crippen LogP contribution in [0.4, 0.5) is 0 Å². The first-order valence-electron chi connectivity index (χ1n) is 8.63. The molecule has 8 heteroatoms. The van der Waals surface area contributed by atoms with Crippen molar-refractivity contribution < 1.29 is 28.5 Å². The summed E-state index contributed by atoms with van der Waals surface area (Å²) in [5.74, 6) is 1.86. The average molecular weight is 400 g/mol. The Bertz CT molecular complexity index is 870. The fourth-order valence-electron chi connectivity index (χ4n) is 2.47. The number of benzene rings is 2. The van der Waals surface area contributed by atoms with Crippen LogP contribution in [-0.4, -0.2) is 47.2 Å². The largest absolute Gasteiger partial charge is 0.493 e. The van der Waals surface area contributed by atoms with Crippen LogP contribution in [-0.2, 0) is 0 Å². The first-order valence-corrected chi connectivity index (χ1v) is 8.63. The summed E-state index contributed by atoms with van der Waals surface area (Å²) in [6.07, 6.45) is 3.14. The molecule has 0 fully saturated rings. The number of hydrazone groups is 1. The van der Waals surface area contributed by atoms with E-state index in [2.05, 4.69) is 17.1 Å². The summed E-state index contributed by atoms with van der Waals surface area (Å²) in [7, 11) is 6.00. The van der Waals surface area contributed by atoms with E-state index >= 15 is 0 Å². The van der Waals surface area contributed by atoms with Gasteiger partial charge in [-0.1, -0.05) is 12.7 Å². The Hall–Kier alpha value is -3.68. The van der Waals surface area contributed by atoms with Crippen LogP contribution in [0.5, 0.6) is 28.7 Å². The highest BCUT2D eigenvalue weighted by Gasteiger charge is 2.16. The lowest BCUT2D eigenvalue weighted by molar-refractivity contribution is 0.0954. The molecular formula is C21H24N2O6. The van der Waals surface area contributed by atoms with Crippen LogP contribution in [0.3, 0.4) is 0 Å². The zero-order valence-corrected chi connectivity index (χ0v) is 16.9. The van der Waals surface area contributed by atoms with E-state index in [-0.39, 0.29) is 0 Å². The highest BCUT2D eigenvalue weighted by Crippen LogP contribution is 2.38. The monoisotopic (exact) mass is 400 g/mol. The molecule has 0 aliphatic carbocycles. The fourth-order valence-corrected chi connectivity index (χ4v) is 2.47. The van der Waals surface area contributed by atoms with Crippen LogP contribution in [0.2, 0.25) is 0 Å². The van der Waals surface area contributed by atoms with Crippen LogP contribution in [0.1, 0.15) is 15.9 Å². The van der Waals surface area contributed by atoms with Gasteiger partial charge in [-0.25, -0.2) is 5.43 Å². The molecule has 0 radical (unpaired) electrons. The van der Waals surface area contributed by atoms with Crippen molar-refractivity contribution in [2.24, 2.45) is 5.10 Å². The van der Waals surface area contributed by atoms with Gasteiger partial charge in [-0.2, -0.15) is 5.10 Å². The van der Waals surface area contributed by atoms with Crippen molar-refractivity contribution in [2.75, 3.05) is 35.0 Å². The molecule has 154 valence electrons. The highest BCUT2D eigenvalue weighted by molar-refractivity contribution is 5.96. The highest BCUT2D eigenvalue weighted by atomic mass is 16.5. The molecule has 2 rings (SSSR count). The molecule has 1 N–H and O–H groups in total. The molecule has 0 heterocycles. The van der Waals surface area contributed by atoms with Gasteiger partial charge < -0.3 is 23.7 Å². The summed E-state index contributed by atoms with van der Waals surface area (Å²) in [6, 6.07) is 8.37.